The maximum atomic E-state index is 10.3. The number of carbonyl (C=O) groups is 1. The molecule has 1 unspecified atom stereocenters. The lowest BCUT2D eigenvalue weighted by Gasteiger charge is -2.13. The predicted molar refractivity (Wildman–Crippen MR) is 65.6 cm³/mol. The van der Waals surface area contributed by atoms with E-state index in [2.05, 4.69) is 15.9 Å². The van der Waals surface area contributed by atoms with Crippen LogP contribution in [0.3, 0.4) is 0 Å². The first-order valence-electron chi connectivity index (χ1n) is 4.90. The number of ether oxygens (including phenoxy) is 1. The Labute approximate surface area is 103 Å². The lowest BCUT2D eigenvalue weighted by Crippen LogP contribution is -2.10. The second-order valence-corrected chi connectivity index (χ2v) is 4.19. The number of hydrogen-bond acceptors (Lipinski definition) is 2. The molecule has 16 heavy (non-hydrogen) atoms. The number of carboxylic acid groups (broad SMARTS) is 1. The number of hydrogen-bond donors (Lipinski definition) is 1. The van der Waals surface area contributed by atoms with E-state index in [-0.39, 0.29) is 6.10 Å². The second-order valence-electron chi connectivity index (χ2n) is 3.34. The van der Waals surface area contributed by atoms with Crippen molar-refractivity contribution in [3.05, 3.63) is 40.9 Å². The van der Waals surface area contributed by atoms with E-state index in [4.69, 9.17) is 9.84 Å². The van der Waals surface area contributed by atoms with Crippen LogP contribution in [0.25, 0.3) is 0 Å². The van der Waals surface area contributed by atoms with Crippen molar-refractivity contribution in [1.29, 1.82) is 0 Å². The summed E-state index contributed by atoms with van der Waals surface area (Å²) in [6.07, 6.45) is 3.21. The molecule has 0 fully saturated rings. The summed E-state index contributed by atoms with van der Waals surface area (Å²) in [5.74, 6) is -0.174. The molecule has 0 bridgehead atoms. The van der Waals surface area contributed by atoms with Crippen molar-refractivity contribution in [1.82, 2.24) is 0 Å². The monoisotopic (exact) mass is 284 g/mol. The maximum absolute atomic E-state index is 10.3. The summed E-state index contributed by atoms with van der Waals surface area (Å²) in [6, 6.07) is 7.56. The molecule has 0 saturated heterocycles. The molecule has 1 aromatic carbocycles. The third kappa shape index (κ3) is 4.49. The van der Waals surface area contributed by atoms with Crippen LogP contribution in [0.5, 0.6) is 5.75 Å². The average molecular weight is 285 g/mol. The van der Waals surface area contributed by atoms with Crippen LogP contribution < -0.4 is 4.74 Å². The molecule has 0 aliphatic heterocycles. The molecule has 1 rings (SSSR count). The van der Waals surface area contributed by atoms with Gasteiger partial charge in [0.2, 0.25) is 0 Å². The zero-order chi connectivity index (χ0) is 12.0. The van der Waals surface area contributed by atoms with E-state index in [1.807, 2.05) is 31.2 Å². The fraction of sp³-hybridized carbons (Fsp3) is 0.250. The Kier molecular flexibility index (Phi) is 5.05. The van der Waals surface area contributed by atoms with Crippen LogP contribution in [0.1, 0.15) is 13.3 Å². The lowest BCUT2D eigenvalue weighted by molar-refractivity contribution is -0.131. The first-order chi connectivity index (χ1) is 7.59. The maximum Gasteiger partial charge on any atom is 0.327 e. The van der Waals surface area contributed by atoms with Crippen molar-refractivity contribution in [3.63, 3.8) is 0 Å². The minimum absolute atomic E-state index is 0.0608. The number of rotatable bonds is 5. The van der Waals surface area contributed by atoms with Crippen LogP contribution in [0.15, 0.2) is 40.9 Å². The van der Waals surface area contributed by atoms with Crippen molar-refractivity contribution in [2.24, 2.45) is 0 Å². The summed E-state index contributed by atoms with van der Waals surface area (Å²) in [5.41, 5.74) is 0. The zero-order valence-electron chi connectivity index (χ0n) is 8.89. The predicted octanol–water partition coefficient (Wildman–Crippen LogP) is 3.25. The van der Waals surface area contributed by atoms with Gasteiger partial charge in [-0.05, 0) is 35.0 Å². The standard InChI is InChI=1S/C12H13BrO3/c1-9(5-4-8-12(14)15)16-11-7-3-2-6-10(11)13/h2-4,6-9H,5H2,1H3,(H,14,15)/b8-4+. The number of para-hydroxylation sites is 1. The highest BCUT2D eigenvalue weighted by molar-refractivity contribution is 9.10. The normalized spacial score (nSPS) is 12.6. The molecule has 3 nitrogen and oxygen atoms in total. The van der Waals surface area contributed by atoms with Gasteiger partial charge < -0.3 is 9.84 Å². The summed E-state index contributed by atoms with van der Waals surface area (Å²) in [5, 5.41) is 8.43. The van der Waals surface area contributed by atoms with E-state index in [9.17, 15) is 4.79 Å². The second kappa shape index (κ2) is 6.33. The van der Waals surface area contributed by atoms with Crippen LogP contribution in [-0.2, 0) is 4.79 Å². The van der Waals surface area contributed by atoms with E-state index in [0.29, 0.717) is 6.42 Å². The molecular weight excluding hydrogens is 272 g/mol. The van der Waals surface area contributed by atoms with Crippen molar-refractivity contribution < 1.29 is 14.6 Å². The van der Waals surface area contributed by atoms with Gasteiger partial charge in [-0.3, -0.25) is 0 Å². The Hall–Kier alpha value is -1.29. The van der Waals surface area contributed by atoms with E-state index in [0.717, 1.165) is 16.3 Å². The number of carboxylic acids is 1. The minimum atomic E-state index is -0.937. The highest BCUT2D eigenvalue weighted by Gasteiger charge is 2.04. The molecule has 1 N–H and O–H groups in total. The van der Waals surface area contributed by atoms with Gasteiger partial charge in [0.25, 0.3) is 0 Å². The van der Waals surface area contributed by atoms with Gasteiger partial charge in [-0.1, -0.05) is 18.2 Å². The van der Waals surface area contributed by atoms with Crippen molar-refractivity contribution >= 4 is 21.9 Å². The summed E-state index contributed by atoms with van der Waals surface area (Å²) in [6.45, 7) is 1.89. The first-order valence-corrected chi connectivity index (χ1v) is 5.69. The van der Waals surface area contributed by atoms with Crippen molar-refractivity contribution in [2.75, 3.05) is 0 Å². The first kappa shape index (κ1) is 12.8. The van der Waals surface area contributed by atoms with E-state index in [1.165, 1.54) is 0 Å². The molecule has 1 aromatic rings. The Bertz CT molecular complexity index is 388. The quantitative estimate of drug-likeness (QED) is 0.845. The molecule has 0 radical (unpaired) electrons. The molecule has 0 saturated carbocycles. The van der Waals surface area contributed by atoms with Gasteiger partial charge in [0.1, 0.15) is 5.75 Å². The Morgan fingerprint density at radius 1 is 1.56 bits per heavy atom. The summed E-state index contributed by atoms with van der Waals surface area (Å²) in [7, 11) is 0. The number of benzene rings is 1. The molecular formula is C12H13BrO3. The van der Waals surface area contributed by atoms with Crippen molar-refractivity contribution in [3.8, 4) is 5.75 Å². The van der Waals surface area contributed by atoms with Crippen LogP contribution in [0, 0.1) is 0 Å². The highest BCUT2D eigenvalue weighted by atomic mass is 79.9. The molecule has 0 aromatic heterocycles. The van der Waals surface area contributed by atoms with Crippen LogP contribution >= 0.6 is 15.9 Å². The summed E-state index contributed by atoms with van der Waals surface area (Å²) >= 11 is 3.38. The third-order valence-corrected chi connectivity index (χ3v) is 2.55. The summed E-state index contributed by atoms with van der Waals surface area (Å²) < 4.78 is 6.53. The van der Waals surface area contributed by atoms with Crippen LogP contribution in [0.4, 0.5) is 0 Å². The van der Waals surface area contributed by atoms with Gasteiger partial charge in [-0.2, -0.15) is 0 Å². The van der Waals surface area contributed by atoms with Gasteiger partial charge in [0.05, 0.1) is 10.6 Å². The molecule has 0 amide bonds. The Morgan fingerprint density at radius 3 is 2.88 bits per heavy atom. The Balaban J connectivity index is 2.49. The summed E-state index contributed by atoms with van der Waals surface area (Å²) in [4.78, 5) is 10.3. The fourth-order valence-corrected chi connectivity index (χ4v) is 1.54. The molecule has 0 spiro atoms. The van der Waals surface area contributed by atoms with Crippen LogP contribution in [0.2, 0.25) is 0 Å². The highest BCUT2D eigenvalue weighted by Crippen LogP contribution is 2.25. The van der Waals surface area contributed by atoms with Crippen LogP contribution in [-0.4, -0.2) is 17.2 Å². The minimum Gasteiger partial charge on any atom is -0.489 e. The topological polar surface area (TPSA) is 46.5 Å². The van der Waals surface area contributed by atoms with Gasteiger partial charge in [0, 0.05) is 12.5 Å². The van der Waals surface area contributed by atoms with Gasteiger partial charge in [0.15, 0.2) is 0 Å². The number of aliphatic carboxylic acids is 1. The Morgan fingerprint density at radius 2 is 2.25 bits per heavy atom. The molecule has 0 aliphatic carbocycles. The largest absolute Gasteiger partial charge is 0.489 e. The molecule has 4 heteroatoms. The SMILES string of the molecule is CC(C/C=C/C(=O)O)Oc1ccccc1Br. The lowest BCUT2D eigenvalue weighted by atomic mass is 10.2. The van der Waals surface area contributed by atoms with E-state index in [1.54, 1.807) is 6.08 Å². The van der Waals surface area contributed by atoms with Gasteiger partial charge in [-0.15, -0.1) is 0 Å². The van der Waals surface area contributed by atoms with Gasteiger partial charge in [-0.25, -0.2) is 4.79 Å². The average Bonchev–Trinajstić information content (AvgIpc) is 2.21. The molecule has 0 aliphatic rings. The van der Waals surface area contributed by atoms with Crippen molar-refractivity contribution in [2.45, 2.75) is 19.4 Å². The zero-order valence-corrected chi connectivity index (χ0v) is 10.5. The third-order valence-electron chi connectivity index (χ3n) is 1.89. The smallest absolute Gasteiger partial charge is 0.327 e. The molecule has 0 heterocycles. The fourth-order valence-electron chi connectivity index (χ4n) is 1.17. The van der Waals surface area contributed by atoms with E-state index >= 15 is 0 Å². The molecule has 86 valence electrons. The molecule has 1 atom stereocenters. The van der Waals surface area contributed by atoms with E-state index < -0.39 is 5.97 Å². The van der Waals surface area contributed by atoms with Gasteiger partial charge >= 0.3 is 5.97 Å². The number of halogens is 1.